The number of benzene rings is 5. The highest BCUT2D eigenvalue weighted by Crippen LogP contribution is 2.41. The molecule has 2 amide bonds. The lowest BCUT2D eigenvalue weighted by Gasteiger charge is -2.38. The molecule has 0 radical (unpaired) electrons. The SMILES string of the molecule is O=C(Nc1ccccc1C(=O)NCCCc1nccn1C(c1ccccc1)(c1ccccc1)c1ccccc1)c1cccc(C(F)(F)F)c1. The van der Waals surface area contributed by atoms with Crippen molar-refractivity contribution in [3.05, 3.63) is 191 Å². The molecule has 0 unspecified atom stereocenters. The first kappa shape index (κ1) is 33.0. The number of rotatable bonds is 11. The Kier molecular flexibility index (Phi) is 9.71. The van der Waals surface area contributed by atoms with Gasteiger partial charge >= 0.3 is 6.18 Å². The molecular formula is C40H33F3N4O2. The summed E-state index contributed by atoms with van der Waals surface area (Å²) in [6.07, 6.45) is 0.313. The van der Waals surface area contributed by atoms with Crippen LogP contribution >= 0.6 is 0 Å². The summed E-state index contributed by atoms with van der Waals surface area (Å²) in [6.45, 7) is 0.316. The van der Waals surface area contributed by atoms with Gasteiger partial charge in [0.05, 0.1) is 16.8 Å². The molecule has 1 aromatic heterocycles. The average molecular weight is 659 g/mol. The van der Waals surface area contributed by atoms with Gasteiger partial charge in [0.1, 0.15) is 11.4 Å². The maximum atomic E-state index is 13.3. The Hall–Kier alpha value is -5.96. The molecule has 0 aliphatic rings. The zero-order chi connectivity index (χ0) is 34.3. The third-order valence-corrected chi connectivity index (χ3v) is 8.39. The molecule has 2 N–H and O–H groups in total. The van der Waals surface area contributed by atoms with Gasteiger partial charge in [-0.15, -0.1) is 0 Å². The summed E-state index contributed by atoms with van der Waals surface area (Å²) in [6, 6.07) is 41.4. The number of aromatic nitrogens is 2. The normalized spacial score (nSPS) is 11.6. The van der Waals surface area contributed by atoms with E-state index < -0.39 is 29.1 Å². The van der Waals surface area contributed by atoms with Gasteiger partial charge in [-0.3, -0.25) is 9.59 Å². The van der Waals surface area contributed by atoms with Crippen molar-refractivity contribution in [1.29, 1.82) is 0 Å². The minimum Gasteiger partial charge on any atom is -0.352 e. The van der Waals surface area contributed by atoms with E-state index >= 15 is 0 Å². The monoisotopic (exact) mass is 658 g/mol. The Morgan fingerprint density at radius 3 is 1.80 bits per heavy atom. The molecule has 5 aromatic carbocycles. The molecular weight excluding hydrogens is 625 g/mol. The van der Waals surface area contributed by atoms with Gasteiger partial charge in [0.15, 0.2) is 0 Å². The number of halogens is 3. The van der Waals surface area contributed by atoms with Crippen molar-refractivity contribution in [3.8, 4) is 0 Å². The summed E-state index contributed by atoms with van der Waals surface area (Å²) in [5.41, 5.74) is 1.79. The van der Waals surface area contributed by atoms with Crippen molar-refractivity contribution in [2.45, 2.75) is 24.6 Å². The summed E-state index contributed by atoms with van der Waals surface area (Å²) < 4.78 is 41.8. The summed E-state index contributed by atoms with van der Waals surface area (Å²) in [7, 11) is 0. The lowest BCUT2D eigenvalue weighted by Crippen LogP contribution is -2.38. The Morgan fingerprint density at radius 1 is 0.653 bits per heavy atom. The minimum atomic E-state index is -4.59. The van der Waals surface area contributed by atoms with Crippen LogP contribution in [0.2, 0.25) is 0 Å². The number of alkyl halides is 3. The molecule has 0 aliphatic heterocycles. The van der Waals surface area contributed by atoms with E-state index in [1.165, 1.54) is 18.2 Å². The molecule has 0 spiro atoms. The maximum Gasteiger partial charge on any atom is 0.416 e. The zero-order valence-electron chi connectivity index (χ0n) is 26.4. The predicted molar refractivity (Wildman–Crippen MR) is 183 cm³/mol. The Bertz CT molecular complexity index is 1930. The summed E-state index contributed by atoms with van der Waals surface area (Å²) in [5, 5.41) is 5.51. The summed E-state index contributed by atoms with van der Waals surface area (Å²) >= 11 is 0. The number of nitrogens with zero attached hydrogens (tertiary/aromatic N) is 2. The quantitative estimate of drug-likeness (QED) is 0.109. The minimum absolute atomic E-state index is 0.168. The predicted octanol–water partition coefficient (Wildman–Crippen LogP) is 8.36. The first-order chi connectivity index (χ1) is 23.8. The topological polar surface area (TPSA) is 76.0 Å². The fraction of sp³-hybridized carbons (Fsp3) is 0.125. The molecule has 6 nitrogen and oxygen atoms in total. The Labute approximate surface area is 282 Å². The van der Waals surface area contributed by atoms with Crippen molar-refractivity contribution < 1.29 is 22.8 Å². The Morgan fingerprint density at radius 2 is 1.20 bits per heavy atom. The van der Waals surface area contributed by atoms with Crippen molar-refractivity contribution in [1.82, 2.24) is 14.9 Å². The summed E-state index contributed by atoms with van der Waals surface area (Å²) in [5.74, 6) is -0.341. The fourth-order valence-electron chi connectivity index (χ4n) is 6.14. The Balaban J connectivity index is 1.20. The van der Waals surface area contributed by atoms with Gasteiger partial charge in [-0.05, 0) is 53.4 Å². The van der Waals surface area contributed by atoms with Gasteiger partial charge < -0.3 is 15.2 Å². The van der Waals surface area contributed by atoms with Gasteiger partial charge in [0.2, 0.25) is 0 Å². The first-order valence-corrected chi connectivity index (χ1v) is 15.8. The van der Waals surface area contributed by atoms with Crippen LogP contribution < -0.4 is 10.6 Å². The average Bonchev–Trinajstić information content (AvgIpc) is 3.60. The summed E-state index contributed by atoms with van der Waals surface area (Å²) in [4.78, 5) is 30.9. The molecule has 1 heterocycles. The van der Waals surface area contributed by atoms with Crippen LogP contribution in [0.15, 0.2) is 152 Å². The molecule has 49 heavy (non-hydrogen) atoms. The highest BCUT2D eigenvalue weighted by molar-refractivity contribution is 6.09. The zero-order valence-corrected chi connectivity index (χ0v) is 26.4. The van der Waals surface area contributed by atoms with Crippen molar-refractivity contribution >= 4 is 17.5 Å². The van der Waals surface area contributed by atoms with E-state index in [0.29, 0.717) is 19.4 Å². The fourth-order valence-corrected chi connectivity index (χ4v) is 6.14. The highest BCUT2D eigenvalue weighted by Gasteiger charge is 2.39. The van der Waals surface area contributed by atoms with E-state index in [1.54, 1.807) is 24.4 Å². The number of para-hydroxylation sites is 1. The third-order valence-electron chi connectivity index (χ3n) is 8.39. The van der Waals surface area contributed by atoms with E-state index in [0.717, 1.165) is 34.6 Å². The first-order valence-electron chi connectivity index (χ1n) is 15.8. The molecule has 9 heteroatoms. The van der Waals surface area contributed by atoms with E-state index in [2.05, 4.69) is 51.6 Å². The van der Waals surface area contributed by atoms with Gasteiger partial charge in [-0.1, -0.05) is 109 Å². The third kappa shape index (κ3) is 7.01. The van der Waals surface area contributed by atoms with Crippen LogP contribution in [0.5, 0.6) is 0 Å². The number of carbonyl (C=O) groups excluding carboxylic acids is 2. The number of nitrogens with one attached hydrogen (secondary N) is 2. The smallest absolute Gasteiger partial charge is 0.352 e. The molecule has 0 aliphatic carbocycles. The molecule has 0 saturated carbocycles. The van der Waals surface area contributed by atoms with E-state index in [-0.39, 0.29) is 16.8 Å². The number of hydrogen-bond donors (Lipinski definition) is 2. The second-order valence-corrected chi connectivity index (χ2v) is 11.5. The van der Waals surface area contributed by atoms with Gasteiger partial charge in [0.25, 0.3) is 11.8 Å². The van der Waals surface area contributed by atoms with E-state index in [9.17, 15) is 22.8 Å². The van der Waals surface area contributed by atoms with Crippen molar-refractivity contribution in [2.24, 2.45) is 0 Å². The second kappa shape index (κ2) is 14.4. The van der Waals surface area contributed by atoms with Crippen LogP contribution in [0, 0.1) is 0 Å². The second-order valence-electron chi connectivity index (χ2n) is 11.5. The van der Waals surface area contributed by atoms with Crippen LogP contribution in [-0.2, 0) is 18.1 Å². The van der Waals surface area contributed by atoms with E-state index in [4.69, 9.17) is 4.98 Å². The van der Waals surface area contributed by atoms with Crippen molar-refractivity contribution in [2.75, 3.05) is 11.9 Å². The van der Waals surface area contributed by atoms with Gasteiger partial charge in [-0.2, -0.15) is 13.2 Å². The highest BCUT2D eigenvalue weighted by atomic mass is 19.4. The van der Waals surface area contributed by atoms with Crippen LogP contribution in [0.25, 0.3) is 0 Å². The number of anilines is 1. The van der Waals surface area contributed by atoms with Crippen molar-refractivity contribution in [3.63, 3.8) is 0 Å². The molecule has 6 aromatic rings. The van der Waals surface area contributed by atoms with Gasteiger partial charge in [0, 0.05) is 30.9 Å². The van der Waals surface area contributed by atoms with Crippen LogP contribution in [0.3, 0.4) is 0 Å². The number of hydrogen-bond acceptors (Lipinski definition) is 3. The standard InChI is InChI=1S/C40H33F3N4O2/c41-40(42,43)33-21-12-14-29(28-33)37(48)46-35-23-11-10-22-34(35)38(49)45-25-13-24-36-44-26-27-47(36)39(30-15-4-1-5-16-30,31-17-6-2-7-18-31)32-19-8-3-9-20-32/h1-12,14-23,26-28H,13,24-25H2,(H,45,49)(H,46,48). The number of carbonyl (C=O) groups is 2. The largest absolute Gasteiger partial charge is 0.416 e. The molecule has 0 atom stereocenters. The number of imidazole rings is 1. The number of aryl methyl sites for hydroxylation is 1. The molecule has 246 valence electrons. The molecule has 0 saturated heterocycles. The molecule has 6 rings (SSSR count). The van der Waals surface area contributed by atoms with Crippen LogP contribution in [-0.4, -0.2) is 27.9 Å². The lowest BCUT2D eigenvalue weighted by molar-refractivity contribution is -0.137. The van der Waals surface area contributed by atoms with Crippen LogP contribution in [0.4, 0.5) is 18.9 Å². The lowest BCUT2D eigenvalue weighted by atomic mass is 9.76. The van der Waals surface area contributed by atoms with E-state index in [1.807, 2.05) is 60.8 Å². The molecule has 0 bridgehead atoms. The molecule has 0 fully saturated rings. The number of amides is 2. The maximum absolute atomic E-state index is 13.3. The van der Waals surface area contributed by atoms with Gasteiger partial charge in [-0.25, -0.2) is 4.98 Å². The van der Waals surface area contributed by atoms with Crippen LogP contribution in [0.1, 0.15) is 55.2 Å².